The van der Waals surface area contributed by atoms with Crippen molar-refractivity contribution in [1.82, 2.24) is 20.5 Å². The SMILES string of the molecule is C=C(C)N[C@@H](Cc1cc(F)cc(OCc2ccncc2CC)c1)C[C@@H]1NCCN(Cc2ccccc2)C1=O. The molecule has 2 atom stereocenters. The second-order valence-electron chi connectivity index (χ2n) is 9.90. The third-order valence-corrected chi connectivity index (χ3v) is 6.76. The number of hydrogen-bond acceptors (Lipinski definition) is 5. The van der Waals surface area contributed by atoms with E-state index in [2.05, 4.69) is 29.1 Å². The van der Waals surface area contributed by atoms with Gasteiger partial charge in [-0.2, -0.15) is 0 Å². The molecule has 1 saturated heterocycles. The van der Waals surface area contributed by atoms with E-state index in [4.69, 9.17) is 4.74 Å². The van der Waals surface area contributed by atoms with Crippen LogP contribution in [0.3, 0.4) is 0 Å². The summed E-state index contributed by atoms with van der Waals surface area (Å²) in [4.78, 5) is 19.4. The summed E-state index contributed by atoms with van der Waals surface area (Å²) in [7, 11) is 0. The number of amides is 1. The summed E-state index contributed by atoms with van der Waals surface area (Å²) in [5.41, 5.74) is 4.87. The number of carbonyl (C=O) groups excluding carboxylic acids is 1. The molecule has 0 unspecified atom stereocenters. The molecule has 7 heteroatoms. The molecule has 0 aliphatic carbocycles. The van der Waals surface area contributed by atoms with E-state index in [0.717, 1.165) is 40.9 Å². The summed E-state index contributed by atoms with van der Waals surface area (Å²) in [5, 5.41) is 6.78. The number of halogens is 1. The van der Waals surface area contributed by atoms with Crippen LogP contribution in [0.25, 0.3) is 0 Å². The Kier molecular flexibility index (Phi) is 9.49. The van der Waals surface area contributed by atoms with Crippen LogP contribution in [0.5, 0.6) is 5.75 Å². The van der Waals surface area contributed by atoms with E-state index in [1.165, 1.54) is 12.1 Å². The summed E-state index contributed by atoms with van der Waals surface area (Å²) in [6.45, 7) is 10.3. The number of carbonyl (C=O) groups is 1. The van der Waals surface area contributed by atoms with E-state index < -0.39 is 0 Å². The molecule has 1 aliphatic rings. The molecule has 1 fully saturated rings. The van der Waals surface area contributed by atoms with Gasteiger partial charge in [0.05, 0.1) is 6.04 Å². The van der Waals surface area contributed by atoms with Gasteiger partial charge >= 0.3 is 0 Å². The molecule has 2 aromatic carbocycles. The van der Waals surface area contributed by atoms with Gasteiger partial charge in [0, 0.05) is 49.8 Å². The zero-order valence-corrected chi connectivity index (χ0v) is 22.3. The summed E-state index contributed by atoms with van der Waals surface area (Å²) >= 11 is 0. The highest BCUT2D eigenvalue weighted by atomic mass is 19.1. The number of aryl methyl sites for hydroxylation is 1. The zero-order chi connectivity index (χ0) is 26.9. The molecule has 0 spiro atoms. The van der Waals surface area contributed by atoms with Gasteiger partial charge in [0.15, 0.2) is 0 Å². The largest absolute Gasteiger partial charge is 0.489 e. The fourth-order valence-corrected chi connectivity index (χ4v) is 4.95. The first-order valence-electron chi connectivity index (χ1n) is 13.2. The first-order valence-corrected chi connectivity index (χ1v) is 13.2. The molecule has 1 amide bonds. The Labute approximate surface area is 224 Å². The number of nitrogens with one attached hydrogen (secondary N) is 2. The van der Waals surface area contributed by atoms with Crippen LogP contribution >= 0.6 is 0 Å². The Morgan fingerprint density at radius 3 is 2.79 bits per heavy atom. The van der Waals surface area contributed by atoms with Crippen LogP contribution in [0.4, 0.5) is 4.39 Å². The molecule has 2 N–H and O–H groups in total. The molecule has 1 aromatic heterocycles. The molecule has 0 radical (unpaired) electrons. The highest BCUT2D eigenvalue weighted by Crippen LogP contribution is 2.22. The smallest absolute Gasteiger partial charge is 0.240 e. The molecule has 0 bridgehead atoms. The van der Waals surface area contributed by atoms with E-state index in [0.29, 0.717) is 38.3 Å². The molecule has 1 aliphatic heterocycles. The molecular formula is C31H37FN4O2. The van der Waals surface area contributed by atoms with Crippen molar-refractivity contribution < 1.29 is 13.9 Å². The average Bonchev–Trinajstić information content (AvgIpc) is 2.90. The van der Waals surface area contributed by atoms with Gasteiger partial charge in [-0.1, -0.05) is 43.8 Å². The van der Waals surface area contributed by atoms with E-state index >= 15 is 0 Å². The van der Waals surface area contributed by atoms with Crippen LogP contribution in [-0.4, -0.2) is 41.0 Å². The first kappa shape index (κ1) is 27.3. The Balaban J connectivity index is 1.43. The van der Waals surface area contributed by atoms with Gasteiger partial charge in [-0.25, -0.2) is 4.39 Å². The van der Waals surface area contributed by atoms with Gasteiger partial charge in [-0.05, 0) is 66.6 Å². The lowest BCUT2D eigenvalue weighted by Crippen LogP contribution is -2.56. The van der Waals surface area contributed by atoms with Gasteiger partial charge in [0.1, 0.15) is 18.2 Å². The number of piperazine rings is 1. The number of nitrogens with zero attached hydrogens (tertiary/aromatic N) is 2. The molecule has 2 heterocycles. The van der Waals surface area contributed by atoms with Gasteiger partial charge in [0.25, 0.3) is 0 Å². The monoisotopic (exact) mass is 516 g/mol. The molecule has 6 nitrogen and oxygen atoms in total. The van der Waals surface area contributed by atoms with Crippen LogP contribution in [0, 0.1) is 5.82 Å². The summed E-state index contributed by atoms with van der Waals surface area (Å²) in [6, 6.07) is 16.3. The van der Waals surface area contributed by atoms with Crippen molar-refractivity contribution in [2.45, 2.75) is 58.3 Å². The third kappa shape index (κ3) is 7.65. The van der Waals surface area contributed by atoms with Crippen LogP contribution in [0.1, 0.15) is 42.5 Å². The summed E-state index contributed by atoms with van der Waals surface area (Å²) < 4.78 is 20.6. The van der Waals surface area contributed by atoms with Crippen molar-refractivity contribution in [1.29, 1.82) is 0 Å². The number of benzene rings is 2. The molecule has 200 valence electrons. The number of hydrogen-bond donors (Lipinski definition) is 2. The van der Waals surface area contributed by atoms with Crippen molar-refractivity contribution in [3.8, 4) is 5.75 Å². The predicted octanol–water partition coefficient (Wildman–Crippen LogP) is 4.79. The predicted molar refractivity (Wildman–Crippen MR) is 148 cm³/mol. The third-order valence-electron chi connectivity index (χ3n) is 6.76. The first-order chi connectivity index (χ1) is 18.4. The number of allylic oxidation sites excluding steroid dienone is 1. The molecular weight excluding hydrogens is 479 g/mol. The lowest BCUT2D eigenvalue weighted by atomic mass is 9.97. The number of ether oxygens (including phenoxy) is 1. The molecule has 4 rings (SSSR count). The maximum Gasteiger partial charge on any atom is 0.240 e. The summed E-state index contributed by atoms with van der Waals surface area (Å²) in [6.07, 6.45) is 5.52. The average molecular weight is 517 g/mol. The Hall–Kier alpha value is -3.71. The van der Waals surface area contributed by atoms with Crippen molar-refractivity contribution >= 4 is 5.91 Å². The lowest BCUT2D eigenvalue weighted by Gasteiger charge is -2.35. The van der Waals surface area contributed by atoms with Gasteiger partial charge in [-0.3, -0.25) is 9.78 Å². The molecule has 38 heavy (non-hydrogen) atoms. The van der Waals surface area contributed by atoms with E-state index in [1.807, 2.05) is 60.5 Å². The van der Waals surface area contributed by atoms with Crippen LogP contribution in [-0.2, 0) is 30.8 Å². The highest BCUT2D eigenvalue weighted by molar-refractivity contribution is 5.82. The van der Waals surface area contributed by atoms with Crippen molar-refractivity contribution in [3.63, 3.8) is 0 Å². The molecule has 0 saturated carbocycles. The fourth-order valence-electron chi connectivity index (χ4n) is 4.95. The minimum Gasteiger partial charge on any atom is -0.489 e. The van der Waals surface area contributed by atoms with Gasteiger partial charge < -0.3 is 20.3 Å². The Bertz CT molecular complexity index is 1230. The number of pyridine rings is 1. The minimum absolute atomic E-state index is 0.0842. The van der Waals surface area contributed by atoms with Crippen LogP contribution < -0.4 is 15.4 Å². The summed E-state index contributed by atoms with van der Waals surface area (Å²) in [5.74, 6) is 0.215. The normalized spacial score (nSPS) is 16.2. The second kappa shape index (κ2) is 13.2. The van der Waals surface area contributed by atoms with Crippen molar-refractivity contribution in [3.05, 3.63) is 107 Å². The van der Waals surface area contributed by atoms with E-state index in [9.17, 15) is 9.18 Å². The van der Waals surface area contributed by atoms with Gasteiger partial charge in [0.2, 0.25) is 5.91 Å². The second-order valence-corrected chi connectivity index (χ2v) is 9.90. The van der Waals surface area contributed by atoms with Crippen LogP contribution in [0.2, 0.25) is 0 Å². The van der Waals surface area contributed by atoms with Crippen molar-refractivity contribution in [2.24, 2.45) is 0 Å². The Morgan fingerprint density at radius 2 is 2.03 bits per heavy atom. The molecule has 3 aromatic rings. The highest BCUT2D eigenvalue weighted by Gasteiger charge is 2.30. The number of rotatable bonds is 12. The maximum absolute atomic E-state index is 14.6. The van der Waals surface area contributed by atoms with Gasteiger partial charge in [-0.15, -0.1) is 0 Å². The maximum atomic E-state index is 14.6. The number of aromatic nitrogens is 1. The Morgan fingerprint density at radius 1 is 1.21 bits per heavy atom. The van der Waals surface area contributed by atoms with Crippen LogP contribution in [0.15, 0.2) is 79.3 Å². The standard InChI is InChI=1S/C31H37FN4O2/c1-4-25-19-33-11-10-26(25)21-38-29-16-24(14-27(32)17-29)15-28(35-22(2)3)18-30-31(37)36(13-12-34-30)20-23-8-6-5-7-9-23/h5-11,14,16-17,19,28,30,34-35H,2,4,12-13,15,18,20-21H2,1,3H3/t28-,30-/m0/s1. The quantitative estimate of drug-likeness (QED) is 0.363. The van der Waals surface area contributed by atoms with E-state index in [-0.39, 0.29) is 23.8 Å². The zero-order valence-electron chi connectivity index (χ0n) is 22.3. The lowest BCUT2D eigenvalue weighted by molar-refractivity contribution is -0.136. The fraction of sp³-hybridized carbons (Fsp3) is 0.355. The minimum atomic E-state index is -0.349. The van der Waals surface area contributed by atoms with Crippen molar-refractivity contribution in [2.75, 3.05) is 13.1 Å². The topological polar surface area (TPSA) is 66.5 Å². The van der Waals surface area contributed by atoms with E-state index in [1.54, 1.807) is 6.20 Å².